The summed E-state index contributed by atoms with van der Waals surface area (Å²) in [6.07, 6.45) is 4.46. The number of aliphatic imine (C=N–C) groups is 1. The van der Waals surface area contributed by atoms with E-state index in [1.54, 1.807) is 6.20 Å². The summed E-state index contributed by atoms with van der Waals surface area (Å²) in [5, 5.41) is 6.67. The van der Waals surface area contributed by atoms with Crippen LogP contribution in [0.4, 0.5) is 0 Å². The quantitative estimate of drug-likeness (QED) is 0.383. The number of pyridine rings is 1. The van der Waals surface area contributed by atoms with Gasteiger partial charge in [0.15, 0.2) is 5.96 Å². The fraction of sp³-hybridized carbons (Fsp3) is 0.429. The molecule has 3 rings (SSSR count). The van der Waals surface area contributed by atoms with E-state index in [2.05, 4.69) is 27.5 Å². The molecule has 0 atom stereocenters. The first-order valence-electron chi connectivity index (χ1n) is 9.61. The standard InChI is InChI=1S/C21H28N4O2/c1-2-22-21(24-14-17-8-9-17)25-16-18-10-11-20(23-15-18)27-13-12-26-19-6-4-3-5-7-19/h3-7,10-11,15,17H,2,8-9,12-14,16H2,1H3,(H2,22,24,25). The normalized spacial score (nSPS) is 13.9. The molecule has 1 aromatic heterocycles. The molecule has 6 heteroatoms. The van der Waals surface area contributed by atoms with Crippen molar-refractivity contribution in [3.05, 3.63) is 54.2 Å². The molecular formula is C21H28N4O2. The highest BCUT2D eigenvalue weighted by molar-refractivity contribution is 5.79. The van der Waals surface area contributed by atoms with Crippen molar-refractivity contribution in [2.75, 3.05) is 26.3 Å². The maximum absolute atomic E-state index is 5.62. The number of hydrogen-bond donors (Lipinski definition) is 2. The molecule has 0 saturated heterocycles. The van der Waals surface area contributed by atoms with Crippen molar-refractivity contribution >= 4 is 5.96 Å². The summed E-state index contributed by atoms with van der Waals surface area (Å²) < 4.78 is 11.2. The zero-order chi connectivity index (χ0) is 18.7. The van der Waals surface area contributed by atoms with Gasteiger partial charge in [-0.15, -0.1) is 0 Å². The fourth-order valence-electron chi connectivity index (χ4n) is 2.49. The van der Waals surface area contributed by atoms with Crippen molar-refractivity contribution in [1.82, 2.24) is 15.6 Å². The lowest BCUT2D eigenvalue weighted by molar-refractivity contribution is 0.212. The number of para-hydroxylation sites is 1. The number of nitrogens with zero attached hydrogens (tertiary/aromatic N) is 2. The summed E-state index contributed by atoms with van der Waals surface area (Å²) in [5.41, 5.74) is 1.05. The number of rotatable bonds is 10. The molecule has 2 aromatic rings. The molecule has 0 amide bonds. The van der Waals surface area contributed by atoms with Gasteiger partial charge in [-0.2, -0.15) is 0 Å². The summed E-state index contributed by atoms with van der Waals surface area (Å²) >= 11 is 0. The third-order valence-electron chi connectivity index (χ3n) is 4.16. The van der Waals surface area contributed by atoms with Crippen LogP contribution in [0.5, 0.6) is 11.6 Å². The Kier molecular flexibility index (Phi) is 7.33. The summed E-state index contributed by atoms with van der Waals surface area (Å²) in [6, 6.07) is 13.6. The summed E-state index contributed by atoms with van der Waals surface area (Å²) in [7, 11) is 0. The van der Waals surface area contributed by atoms with Gasteiger partial charge in [0.2, 0.25) is 5.88 Å². The molecule has 1 fully saturated rings. The van der Waals surface area contributed by atoms with Crippen LogP contribution in [0.1, 0.15) is 25.3 Å². The number of guanidine groups is 1. The van der Waals surface area contributed by atoms with Crippen LogP contribution in [-0.4, -0.2) is 37.2 Å². The van der Waals surface area contributed by atoms with E-state index in [0.29, 0.717) is 25.6 Å². The highest BCUT2D eigenvalue weighted by Crippen LogP contribution is 2.27. The van der Waals surface area contributed by atoms with Crippen molar-refractivity contribution in [3.8, 4) is 11.6 Å². The van der Waals surface area contributed by atoms with E-state index in [0.717, 1.165) is 36.3 Å². The molecule has 1 aliphatic rings. The largest absolute Gasteiger partial charge is 0.490 e. The van der Waals surface area contributed by atoms with Gasteiger partial charge in [-0.1, -0.05) is 24.3 Å². The Morgan fingerprint density at radius 1 is 1.07 bits per heavy atom. The van der Waals surface area contributed by atoms with E-state index >= 15 is 0 Å². The summed E-state index contributed by atoms with van der Waals surface area (Å²) in [5.74, 6) is 3.12. The Labute approximate surface area is 161 Å². The average molecular weight is 368 g/mol. The Morgan fingerprint density at radius 2 is 1.89 bits per heavy atom. The minimum atomic E-state index is 0.453. The predicted molar refractivity (Wildman–Crippen MR) is 107 cm³/mol. The molecule has 1 aromatic carbocycles. The van der Waals surface area contributed by atoms with Crippen molar-refractivity contribution in [3.63, 3.8) is 0 Å². The Bertz CT molecular complexity index is 700. The SMILES string of the molecule is CCNC(=NCc1ccc(OCCOc2ccccc2)nc1)NCC1CC1. The molecule has 1 heterocycles. The molecule has 2 N–H and O–H groups in total. The van der Waals surface area contributed by atoms with Crippen LogP contribution < -0.4 is 20.1 Å². The van der Waals surface area contributed by atoms with Crippen LogP contribution in [0.3, 0.4) is 0 Å². The van der Waals surface area contributed by atoms with Crippen molar-refractivity contribution in [2.24, 2.45) is 10.9 Å². The van der Waals surface area contributed by atoms with Crippen LogP contribution in [0.15, 0.2) is 53.7 Å². The summed E-state index contributed by atoms with van der Waals surface area (Å²) in [4.78, 5) is 8.96. The molecule has 0 radical (unpaired) electrons. The monoisotopic (exact) mass is 368 g/mol. The van der Waals surface area contributed by atoms with Gasteiger partial charge in [0.05, 0.1) is 6.54 Å². The smallest absolute Gasteiger partial charge is 0.213 e. The minimum Gasteiger partial charge on any atom is -0.490 e. The van der Waals surface area contributed by atoms with Gasteiger partial charge in [0, 0.05) is 25.4 Å². The molecule has 0 bridgehead atoms. The number of nitrogens with one attached hydrogen (secondary N) is 2. The molecule has 0 aliphatic heterocycles. The number of aromatic nitrogens is 1. The molecule has 0 spiro atoms. The van der Waals surface area contributed by atoms with Crippen molar-refractivity contribution in [2.45, 2.75) is 26.3 Å². The van der Waals surface area contributed by atoms with E-state index < -0.39 is 0 Å². The van der Waals surface area contributed by atoms with Gasteiger partial charge >= 0.3 is 0 Å². The van der Waals surface area contributed by atoms with Gasteiger partial charge in [0.1, 0.15) is 19.0 Å². The average Bonchev–Trinajstić information content (AvgIpc) is 3.54. The van der Waals surface area contributed by atoms with Gasteiger partial charge < -0.3 is 20.1 Å². The third-order valence-corrected chi connectivity index (χ3v) is 4.16. The second-order valence-corrected chi connectivity index (χ2v) is 6.53. The highest BCUT2D eigenvalue weighted by Gasteiger charge is 2.20. The van der Waals surface area contributed by atoms with Gasteiger partial charge in [-0.25, -0.2) is 9.98 Å². The van der Waals surface area contributed by atoms with Gasteiger partial charge in [-0.05, 0) is 43.4 Å². The molecular weight excluding hydrogens is 340 g/mol. The predicted octanol–water partition coefficient (Wildman–Crippen LogP) is 3.00. The zero-order valence-electron chi connectivity index (χ0n) is 15.9. The maximum Gasteiger partial charge on any atom is 0.213 e. The van der Waals surface area contributed by atoms with Crippen molar-refractivity contribution < 1.29 is 9.47 Å². The number of hydrogen-bond acceptors (Lipinski definition) is 4. The summed E-state index contributed by atoms with van der Waals surface area (Å²) in [6.45, 7) is 5.45. The molecule has 27 heavy (non-hydrogen) atoms. The van der Waals surface area contributed by atoms with Crippen molar-refractivity contribution in [1.29, 1.82) is 0 Å². The third kappa shape index (κ3) is 7.17. The van der Waals surface area contributed by atoms with Gasteiger partial charge in [-0.3, -0.25) is 0 Å². The first-order chi connectivity index (χ1) is 13.3. The van der Waals surface area contributed by atoms with Gasteiger partial charge in [0.25, 0.3) is 0 Å². The molecule has 0 unspecified atom stereocenters. The van der Waals surface area contributed by atoms with E-state index in [1.807, 2.05) is 42.5 Å². The molecule has 1 aliphatic carbocycles. The Morgan fingerprint density at radius 3 is 2.59 bits per heavy atom. The van der Waals surface area contributed by atoms with E-state index in [4.69, 9.17) is 9.47 Å². The molecule has 6 nitrogen and oxygen atoms in total. The zero-order valence-corrected chi connectivity index (χ0v) is 15.9. The number of benzene rings is 1. The topological polar surface area (TPSA) is 67.8 Å². The molecule has 144 valence electrons. The van der Waals surface area contributed by atoms with E-state index in [1.165, 1.54) is 12.8 Å². The second-order valence-electron chi connectivity index (χ2n) is 6.53. The second kappa shape index (κ2) is 10.4. The first-order valence-corrected chi connectivity index (χ1v) is 9.61. The van der Waals surface area contributed by atoms with Crippen LogP contribution in [0.25, 0.3) is 0 Å². The van der Waals surface area contributed by atoms with Crippen LogP contribution in [-0.2, 0) is 6.54 Å². The highest BCUT2D eigenvalue weighted by atomic mass is 16.5. The lowest BCUT2D eigenvalue weighted by Crippen LogP contribution is -2.38. The lowest BCUT2D eigenvalue weighted by atomic mass is 10.3. The Hall–Kier alpha value is -2.76. The fourth-order valence-corrected chi connectivity index (χ4v) is 2.49. The maximum atomic E-state index is 5.62. The van der Waals surface area contributed by atoms with Crippen LogP contribution in [0, 0.1) is 5.92 Å². The van der Waals surface area contributed by atoms with Crippen LogP contribution >= 0.6 is 0 Å². The number of ether oxygens (including phenoxy) is 2. The van der Waals surface area contributed by atoms with Crippen LogP contribution in [0.2, 0.25) is 0 Å². The minimum absolute atomic E-state index is 0.453. The first kappa shape index (κ1) is 19.0. The Balaban J connectivity index is 1.39. The van der Waals surface area contributed by atoms with E-state index in [9.17, 15) is 0 Å². The van der Waals surface area contributed by atoms with E-state index in [-0.39, 0.29) is 0 Å². The lowest BCUT2D eigenvalue weighted by Gasteiger charge is -2.11. The molecule has 1 saturated carbocycles.